The molecular formula is C24H32N4O3. The summed E-state index contributed by atoms with van der Waals surface area (Å²) < 4.78 is 11.3. The molecule has 166 valence electrons. The van der Waals surface area contributed by atoms with Crippen LogP contribution < -0.4 is 20.1 Å². The van der Waals surface area contributed by atoms with E-state index in [1.165, 1.54) is 5.56 Å². The van der Waals surface area contributed by atoms with E-state index in [9.17, 15) is 4.79 Å². The Kier molecular flexibility index (Phi) is 7.05. The summed E-state index contributed by atoms with van der Waals surface area (Å²) >= 11 is 0. The van der Waals surface area contributed by atoms with Crippen molar-refractivity contribution in [1.82, 2.24) is 15.5 Å². The first-order valence-corrected chi connectivity index (χ1v) is 10.5. The van der Waals surface area contributed by atoms with Crippen molar-refractivity contribution in [3.63, 3.8) is 0 Å². The molecule has 2 aromatic carbocycles. The fraction of sp³-hybridized carbons (Fsp3) is 0.417. The van der Waals surface area contributed by atoms with Gasteiger partial charge in [-0.1, -0.05) is 32.0 Å². The van der Waals surface area contributed by atoms with E-state index in [0.29, 0.717) is 31.9 Å². The summed E-state index contributed by atoms with van der Waals surface area (Å²) in [5.74, 6) is 2.32. The lowest BCUT2D eigenvalue weighted by molar-refractivity contribution is 0.0827. The van der Waals surface area contributed by atoms with Crippen LogP contribution in [-0.2, 0) is 12.0 Å². The van der Waals surface area contributed by atoms with Crippen LogP contribution >= 0.6 is 0 Å². The third kappa shape index (κ3) is 5.69. The maximum atomic E-state index is 12.0. The van der Waals surface area contributed by atoms with Crippen molar-refractivity contribution in [3.8, 4) is 11.5 Å². The molecule has 0 unspecified atom stereocenters. The molecule has 0 atom stereocenters. The lowest BCUT2D eigenvalue weighted by atomic mass is 9.84. The van der Waals surface area contributed by atoms with Gasteiger partial charge in [0.05, 0.1) is 0 Å². The Hall–Kier alpha value is -3.22. The van der Waals surface area contributed by atoms with E-state index in [1.54, 1.807) is 26.0 Å². The Balaban J connectivity index is 1.56. The number of hydrogen-bond acceptors (Lipinski definition) is 4. The number of nitrogens with one attached hydrogen (secondary N) is 2. The molecule has 7 nitrogen and oxygen atoms in total. The Morgan fingerprint density at radius 1 is 1.03 bits per heavy atom. The highest BCUT2D eigenvalue weighted by molar-refractivity contribution is 5.93. The molecule has 0 aromatic heterocycles. The second-order valence-corrected chi connectivity index (χ2v) is 8.42. The van der Waals surface area contributed by atoms with Gasteiger partial charge in [0.25, 0.3) is 5.91 Å². The van der Waals surface area contributed by atoms with Gasteiger partial charge in [-0.15, -0.1) is 0 Å². The fourth-order valence-corrected chi connectivity index (χ4v) is 3.30. The quantitative estimate of drug-likeness (QED) is 0.551. The van der Waals surface area contributed by atoms with Crippen molar-refractivity contribution >= 4 is 11.9 Å². The average molecular weight is 425 g/mol. The van der Waals surface area contributed by atoms with Gasteiger partial charge in [0, 0.05) is 45.2 Å². The number of fused-ring (bicyclic) bond motifs is 1. The number of rotatable bonds is 6. The number of nitrogens with zero attached hydrogens (tertiary/aromatic N) is 2. The third-order valence-corrected chi connectivity index (χ3v) is 5.31. The van der Waals surface area contributed by atoms with E-state index in [-0.39, 0.29) is 11.3 Å². The second kappa shape index (κ2) is 9.73. The monoisotopic (exact) mass is 424 g/mol. The van der Waals surface area contributed by atoms with Crippen molar-refractivity contribution in [2.75, 3.05) is 40.9 Å². The molecule has 2 aromatic rings. The molecule has 31 heavy (non-hydrogen) atoms. The van der Waals surface area contributed by atoms with Gasteiger partial charge < -0.3 is 25.0 Å². The molecule has 0 spiro atoms. The van der Waals surface area contributed by atoms with Crippen LogP contribution in [0.1, 0.15) is 35.3 Å². The summed E-state index contributed by atoms with van der Waals surface area (Å²) in [5.41, 5.74) is 2.78. The number of aliphatic imine (C=N–C) groups is 1. The third-order valence-electron chi connectivity index (χ3n) is 5.31. The Labute approximate surface area is 184 Å². The molecule has 1 heterocycles. The summed E-state index contributed by atoms with van der Waals surface area (Å²) in [6, 6.07) is 13.7. The first-order valence-electron chi connectivity index (χ1n) is 10.5. The van der Waals surface area contributed by atoms with Crippen molar-refractivity contribution in [3.05, 3.63) is 59.2 Å². The highest BCUT2D eigenvalue weighted by Gasteiger charge is 2.24. The highest BCUT2D eigenvalue weighted by Crippen LogP contribution is 2.34. The van der Waals surface area contributed by atoms with Gasteiger partial charge >= 0.3 is 0 Å². The zero-order chi connectivity index (χ0) is 22.4. The van der Waals surface area contributed by atoms with E-state index in [1.807, 2.05) is 30.3 Å². The topological polar surface area (TPSA) is 75.2 Å². The van der Waals surface area contributed by atoms with Crippen LogP contribution in [0.3, 0.4) is 0 Å². The summed E-state index contributed by atoms with van der Waals surface area (Å²) in [6.45, 7) is 6.84. The molecule has 3 rings (SSSR count). The van der Waals surface area contributed by atoms with E-state index in [0.717, 1.165) is 23.0 Å². The Bertz CT molecular complexity index is 936. The summed E-state index contributed by atoms with van der Waals surface area (Å²) in [7, 11) is 5.26. The number of guanidine groups is 1. The fourth-order valence-electron chi connectivity index (χ4n) is 3.30. The lowest BCUT2D eigenvalue weighted by Gasteiger charge is -2.28. The number of carbonyl (C=O) groups excluding carboxylic acids is 1. The Morgan fingerprint density at radius 2 is 1.71 bits per heavy atom. The molecule has 7 heteroatoms. The largest absolute Gasteiger partial charge is 0.486 e. The molecule has 0 bridgehead atoms. The Morgan fingerprint density at radius 3 is 2.35 bits per heavy atom. The van der Waals surface area contributed by atoms with Crippen LogP contribution in [0.15, 0.2) is 47.5 Å². The minimum atomic E-state index is -0.137. The van der Waals surface area contributed by atoms with Crippen LogP contribution in [0.25, 0.3) is 0 Å². The van der Waals surface area contributed by atoms with Gasteiger partial charge in [-0.05, 0) is 35.4 Å². The van der Waals surface area contributed by atoms with Crippen LogP contribution in [0.5, 0.6) is 11.5 Å². The summed E-state index contributed by atoms with van der Waals surface area (Å²) in [5, 5.41) is 6.74. The van der Waals surface area contributed by atoms with Crippen molar-refractivity contribution in [2.45, 2.75) is 25.8 Å². The number of ether oxygens (including phenoxy) is 2. The SMILES string of the molecule is CN=C(NCc1ccc(C(=O)N(C)C)cc1)NCC(C)(C)c1ccc2c(c1)OCCO2. The molecule has 0 fully saturated rings. The van der Waals surface area contributed by atoms with Gasteiger partial charge in [-0.2, -0.15) is 0 Å². The van der Waals surface area contributed by atoms with E-state index >= 15 is 0 Å². The molecule has 1 aliphatic heterocycles. The lowest BCUT2D eigenvalue weighted by Crippen LogP contribution is -2.43. The standard InChI is InChI=1S/C24H32N4O3/c1-24(2,19-10-11-20-21(14-19)31-13-12-30-20)16-27-23(25-3)26-15-17-6-8-18(9-7-17)22(29)28(4)5/h6-11,14H,12-13,15-16H2,1-5H3,(H2,25,26,27). The van der Waals surface area contributed by atoms with Gasteiger partial charge in [0.1, 0.15) is 13.2 Å². The van der Waals surface area contributed by atoms with Crippen molar-refractivity contribution in [1.29, 1.82) is 0 Å². The average Bonchev–Trinajstić information content (AvgIpc) is 2.78. The van der Waals surface area contributed by atoms with Gasteiger partial charge in [-0.25, -0.2) is 0 Å². The first-order chi connectivity index (χ1) is 14.8. The second-order valence-electron chi connectivity index (χ2n) is 8.42. The van der Waals surface area contributed by atoms with Crippen LogP contribution in [0.4, 0.5) is 0 Å². The zero-order valence-electron chi connectivity index (χ0n) is 19.0. The van der Waals surface area contributed by atoms with Gasteiger partial charge in [-0.3, -0.25) is 9.79 Å². The minimum Gasteiger partial charge on any atom is -0.486 e. The molecule has 1 amide bonds. The normalized spacial score (nSPS) is 13.5. The molecule has 2 N–H and O–H groups in total. The van der Waals surface area contributed by atoms with E-state index < -0.39 is 0 Å². The summed E-state index contributed by atoms with van der Waals surface area (Å²) in [4.78, 5) is 17.9. The van der Waals surface area contributed by atoms with Crippen LogP contribution in [0, 0.1) is 0 Å². The van der Waals surface area contributed by atoms with Gasteiger partial charge in [0.15, 0.2) is 17.5 Å². The molecule has 0 aliphatic carbocycles. The molecule has 1 aliphatic rings. The first kappa shape index (κ1) is 22.5. The van der Waals surface area contributed by atoms with Gasteiger partial charge in [0.2, 0.25) is 0 Å². The van der Waals surface area contributed by atoms with Crippen LogP contribution in [-0.4, -0.2) is 57.7 Å². The predicted molar refractivity (Wildman–Crippen MR) is 123 cm³/mol. The maximum Gasteiger partial charge on any atom is 0.253 e. The predicted octanol–water partition coefficient (Wildman–Crippen LogP) is 2.80. The highest BCUT2D eigenvalue weighted by atomic mass is 16.6. The van der Waals surface area contributed by atoms with Crippen LogP contribution in [0.2, 0.25) is 0 Å². The number of amides is 1. The van der Waals surface area contributed by atoms with E-state index in [2.05, 4.69) is 41.6 Å². The summed E-state index contributed by atoms with van der Waals surface area (Å²) in [6.07, 6.45) is 0. The number of carbonyl (C=O) groups is 1. The van der Waals surface area contributed by atoms with E-state index in [4.69, 9.17) is 9.47 Å². The minimum absolute atomic E-state index is 0.00152. The molecule has 0 saturated heterocycles. The molecular weight excluding hydrogens is 392 g/mol. The maximum absolute atomic E-state index is 12.0. The smallest absolute Gasteiger partial charge is 0.253 e. The number of hydrogen-bond donors (Lipinski definition) is 2. The van der Waals surface area contributed by atoms with Crippen molar-refractivity contribution in [2.24, 2.45) is 4.99 Å². The zero-order valence-corrected chi connectivity index (χ0v) is 19.0. The molecule has 0 radical (unpaired) electrons. The van der Waals surface area contributed by atoms with Crippen molar-refractivity contribution < 1.29 is 14.3 Å². The number of benzene rings is 2. The molecule has 0 saturated carbocycles.